The first-order valence-corrected chi connectivity index (χ1v) is 9.19. The quantitative estimate of drug-likeness (QED) is 0.894. The number of nitrogens with zero attached hydrogens (tertiary/aromatic N) is 2. The molecule has 0 spiro atoms. The predicted octanol–water partition coefficient (Wildman–Crippen LogP) is 3.54. The van der Waals surface area contributed by atoms with Crippen LogP contribution in [0.4, 0.5) is 0 Å². The molecule has 2 amide bonds. The van der Waals surface area contributed by atoms with Crippen molar-refractivity contribution in [2.24, 2.45) is 5.92 Å². The van der Waals surface area contributed by atoms with Gasteiger partial charge in [0.2, 0.25) is 0 Å². The summed E-state index contributed by atoms with van der Waals surface area (Å²) >= 11 is 6.11. The fourth-order valence-electron chi connectivity index (χ4n) is 2.98. The highest BCUT2D eigenvalue weighted by atomic mass is 35.5. The van der Waals surface area contributed by atoms with E-state index in [-0.39, 0.29) is 11.8 Å². The molecule has 3 rings (SSSR count). The number of carbonyl (C=O) groups is 2. The number of piperidine rings is 1. The van der Waals surface area contributed by atoms with E-state index in [0.29, 0.717) is 28.7 Å². The predicted molar refractivity (Wildman–Crippen MR) is 101 cm³/mol. The zero-order valence-electron chi connectivity index (χ0n) is 14.7. The summed E-state index contributed by atoms with van der Waals surface area (Å²) in [5.41, 5.74) is 1.57. The Balaban J connectivity index is 1.65. The summed E-state index contributed by atoms with van der Waals surface area (Å²) in [5.74, 6) is 0.278. The van der Waals surface area contributed by atoms with E-state index in [1.54, 1.807) is 18.2 Å². The van der Waals surface area contributed by atoms with Gasteiger partial charge >= 0.3 is 0 Å². The second kappa shape index (κ2) is 8.32. The van der Waals surface area contributed by atoms with E-state index in [4.69, 9.17) is 11.6 Å². The van der Waals surface area contributed by atoms with E-state index in [9.17, 15) is 9.59 Å². The topological polar surface area (TPSA) is 62.3 Å². The van der Waals surface area contributed by atoms with Crippen molar-refractivity contribution in [3.8, 4) is 0 Å². The molecule has 1 N–H and O–H groups in total. The summed E-state index contributed by atoms with van der Waals surface area (Å²) in [5, 5.41) is 3.44. The minimum atomic E-state index is -0.256. The van der Waals surface area contributed by atoms with Gasteiger partial charge in [0.05, 0.1) is 0 Å². The number of nitrogens with one attached hydrogen (secondary N) is 1. The Kier molecular flexibility index (Phi) is 5.89. The molecule has 0 saturated carbocycles. The molecule has 2 heterocycles. The molecule has 5 nitrogen and oxygen atoms in total. The Labute approximate surface area is 158 Å². The van der Waals surface area contributed by atoms with Crippen LogP contribution in [0.2, 0.25) is 5.02 Å². The second-order valence-corrected chi connectivity index (χ2v) is 7.09. The van der Waals surface area contributed by atoms with Crippen LogP contribution in [0.15, 0.2) is 42.6 Å². The Morgan fingerprint density at radius 3 is 2.69 bits per heavy atom. The molecule has 0 atom stereocenters. The van der Waals surface area contributed by atoms with Crippen molar-refractivity contribution in [3.63, 3.8) is 0 Å². The van der Waals surface area contributed by atoms with E-state index in [1.165, 1.54) is 6.20 Å². The highest BCUT2D eigenvalue weighted by molar-refractivity contribution is 6.31. The zero-order valence-corrected chi connectivity index (χ0v) is 15.5. The molecule has 26 heavy (non-hydrogen) atoms. The van der Waals surface area contributed by atoms with Gasteiger partial charge < -0.3 is 10.2 Å². The monoisotopic (exact) mass is 371 g/mol. The molecule has 6 heteroatoms. The van der Waals surface area contributed by atoms with Gasteiger partial charge in [-0.15, -0.1) is 0 Å². The molecule has 1 aromatic heterocycles. The van der Waals surface area contributed by atoms with Crippen LogP contribution in [0.25, 0.3) is 0 Å². The molecule has 1 aliphatic heterocycles. The summed E-state index contributed by atoms with van der Waals surface area (Å²) in [4.78, 5) is 31.0. The van der Waals surface area contributed by atoms with Crippen LogP contribution in [-0.2, 0) is 6.54 Å². The maximum atomic E-state index is 12.6. The van der Waals surface area contributed by atoms with E-state index in [2.05, 4.69) is 17.2 Å². The first kappa shape index (κ1) is 18.4. The van der Waals surface area contributed by atoms with Crippen molar-refractivity contribution in [3.05, 3.63) is 64.4 Å². The molecule has 1 aromatic carbocycles. The van der Waals surface area contributed by atoms with Crippen LogP contribution in [0, 0.1) is 5.92 Å². The largest absolute Gasteiger partial charge is 0.348 e. The number of hydrogen-bond acceptors (Lipinski definition) is 3. The van der Waals surface area contributed by atoms with Crippen molar-refractivity contribution in [2.75, 3.05) is 13.1 Å². The molecular weight excluding hydrogens is 350 g/mol. The van der Waals surface area contributed by atoms with E-state index < -0.39 is 0 Å². The van der Waals surface area contributed by atoms with E-state index in [1.807, 2.05) is 23.1 Å². The molecule has 2 aromatic rings. The van der Waals surface area contributed by atoms with Crippen LogP contribution in [-0.4, -0.2) is 34.8 Å². The van der Waals surface area contributed by atoms with Gasteiger partial charge in [-0.1, -0.05) is 36.7 Å². The minimum absolute atomic E-state index is 0.113. The third-order valence-corrected chi connectivity index (χ3v) is 5.08. The van der Waals surface area contributed by atoms with Gasteiger partial charge in [0.15, 0.2) is 0 Å². The Morgan fingerprint density at radius 2 is 1.96 bits per heavy atom. The third-order valence-electron chi connectivity index (χ3n) is 4.71. The number of amides is 2. The molecule has 136 valence electrons. The number of carbonyl (C=O) groups excluding carboxylic acids is 2. The molecule has 1 saturated heterocycles. The Morgan fingerprint density at radius 1 is 1.23 bits per heavy atom. The van der Waals surface area contributed by atoms with Gasteiger partial charge in [-0.2, -0.15) is 0 Å². The van der Waals surface area contributed by atoms with E-state index >= 15 is 0 Å². The van der Waals surface area contributed by atoms with Crippen LogP contribution in [0.1, 0.15) is 46.2 Å². The number of rotatable bonds is 4. The standard InChI is InChI=1S/C20H22ClN3O2/c1-14-7-10-24(11-8-14)20(26)18-12-15(6-9-22-18)19(25)23-13-16-4-2-3-5-17(16)21/h2-6,9,12,14H,7-8,10-11,13H2,1H3,(H,23,25). The Hall–Kier alpha value is -2.40. The average Bonchev–Trinajstić information content (AvgIpc) is 2.67. The minimum Gasteiger partial charge on any atom is -0.348 e. The number of benzene rings is 1. The maximum Gasteiger partial charge on any atom is 0.272 e. The lowest BCUT2D eigenvalue weighted by molar-refractivity contribution is 0.0691. The summed E-state index contributed by atoms with van der Waals surface area (Å²) in [6, 6.07) is 10.5. The van der Waals surface area contributed by atoms with Crippen molar-refractivity contribution < 1.29 is 9.59 Å². The number of aromatic nitrogens is 1. The zero-order chi connectivity index (χ0) is 18.5. The average molecular weight is 372 g/mol. The highest BCUT2D eigenvalue weighted by Gasteiger charge is 2.23. The Bertz CT molecular complexity index is 801. The third kappa shape index (κ3) is 4.41. The van der Waals surface area contributed by atoms with Gasteiger partial charge in [-0.3, -0.25) is 14.6 Å². The molecule has 0 unspecified atom stereocenters. The van der Waals surface area contributed by atoms with Crippen molar-refractivity contribution in [1.82, 2.24) is 15.2 Å². The van der Waals surface area contributed by atoms with E-state index in [0.717, 1.165) is 31.5 Å². The highest BCUT2D eigenvalue weighted by Crippen LogP contribution is 2.18. The van der Waals surface area contributed by atoms with Crippen molar-refractivity contribution >= 4 is 23.4 Å². The molecule has 0 bridgehead atoms. The summed E-state index contributed by atoms with van der Waals surface area (Å²) < 4.78 is 0. The first-order valence-electron chi connectivity index (χ1n) is 8.81. The molecule has 1 fully saturated rings. The normalized spacial score (nSPS) is 14.9. The SMILES string of the molecule is CC1CCN(C(=O)c2cc(C(=O)NCc3ccccc3Cl)ccn2)CC1. The number of halogens is 1. The second-order valence-electron chi connectivity index (χ2n) is 6.68. The molecule has 0 aliphatic carbocycles. The maximum absolute atomic E-state index is 12.6. The lowest BCUT2D eigenvalue weighted by Crippen LogP contribution is -2.38. The summed E-state index contributed by atoms with van der Waals surface area (Å²) in [7, 11) is 0. The molecular formula is C20H22ClN3O2. The van der Waals surface area contributed by atoms with Gasteiger partial charge in [-0.25, -0.2) is 0 Å². The summed E-state index contributed by atoms with van der Waals surface area (Å²) in [6.07, 6.45) is 3.51. The molecule has 0 radical (unpaired) electrons. The van der Waals surface area contributed by atoms with Gasteiger partial charge in [0.25, 0.3) is 11.8 Å². The fourth-order valence-corrected chi connectivity index (χ4v) is 3.18. The van der Waals surface area contributed by atoms with Crippen LogP contribution in [0.3, 0.4) is 0 Å². The lowest BCUT2D eigenvalue weighted by atomic mass is 9.99. The van der Waals surface area contributed by atoms with Gasteiger partial charge in [0.1, 0.15) is 5.69 Å². The number of likely N-dealkylation sites (tertiary alicyclic amines) is 1. The first-order chi connectivity index (χ1) is 12.5. The van der Waals surface area contributed by atoms with Crippen molar-refractivity contribution in [1.29, 1.82) is 0 Å². The van der Waals surface area contributed by atoms with Crippen LogP contribution >= 0.6 is 11.6 Å². The smallest absolute Gasteiger partial charge is 0.272 e. The molecule has 1 aliphatic rings. The summed E-state index contributed by atoms with van der Waals surface area (Å²) in [6.45, 7) is 4.01. The van der Waals surface area contributed by atoms with Gasteiger partial charge in [-0.05, 0) is 42.5 Å². The lowest BCUT2D eigenvalue weighted by Gasteiger charge is -2.30. The van der Waals surface area contributed by atoms with Crippen LogP contribution < -0.4 is 5.32 Å². The van der Waals surface area contributed by atoms with Gasteiger partial charge in [0, 0.05) is 36.4 Å². The number of pyridine rings is 1. The van der Waals surface area contributed by atoms with Crippen molar-refractivity contribution in [2.45, 2.75) is 26.3 Å². The van der Waals surface area contributed by atoms with Crippen LogP contribution in [0.5, 0.6) is 0 Å². The number of hydrogen-bond donors (Lipinski definition) is 1. The fraction of sp³-hybridized carbons (Fsp3) is 0.350.